The topological polar surface area (TPSA) is 35.6 Å². The molecule has 9 aromatic rings. The second kappa shape index (κ2) is 11.3. The lowest BCUT2D eigenvalue weighted by Crippen LogP contribution is -1.98. The molecule has 0 saturated carbocycles. The van der Waals surface area contributed by atoms with Crippen LogP contribution < -0.4 is 0 Å². The molecular formula is C46H28N4. The number of benzene rings is 6. The second-order valence-corrected chi connectivity index (χ2v) is 12.5. The van der Waals surface area contributed by atoms with Gasteiger partial charge in [0.15, 0.2) is 5.82 Å². The van der Waals surface area contributed by atoms with E-state index in [9.17, 15) is 0 Å². The maximum Gasteiger partial charge on any atom is 0.169 e. The zero-order valence-corrected chi connectivity index (χ0v) is 27.0. The molecule has 4 heteroatoms. The SMILES string of the molecule is C1=C=C(c2nc(-c3ccccc3)c3ccccc3n2)C=C(c2ccc3c(c2)c2ccc4c(ccn4-c4ccccc4)c2n3-c2ccccc2)C=1. The van der Waals surface area contributed by atoms with Crippen molar-refractivity contribution in [2.24, 2.45) is 0 Å². The Kier molecular flexibility index (Phi) is 6.37. The Balaban J connectivity index is 1.14. The molecule has 232 valence electrons. The Hall–Kier alpha value is -6.96. The largest absolute Gasteiger partial charge is 0.316 e. The molecule has 0 bridgehead atoms. The van der Waals surface area contributed by atoms with Gasteiger partial charge in [-0.05, 0) is 77.9 Å². The molecule has 1 aliphatic carbocycles. The summed E-state index contributed by atoms with van der Waals surface area (Å²) in [6, 6.07) is 53.2. The number of hydrogen-bond acceptors (Lipinski definition) is 2. The number of aromatic nitrogens is 4. The van der Waals surface area contributed by atoms with Crippen LogP contribution in [0.3, 0.4) is 0 Å². The number of hydrogen-bond donors (Lipinski definition) is 0. The summed E-state index contributed by atoms with van der Waals surface area (Å²) in [6.45, 7) is 0. The van der Waals surface area contributed by atoms with Gasteiger partial charge in [0.2, 0.25) is 0 Å². The van der Waals surface area contributed by atoms with Gasteiger partial charge in [-0.1, -0.05) is 109 Å². The summed E-state index contributed by atoms with van der Waals surface area (Å²) in [7, 11) is 0. The van der Waals surface area contributed by atoms with Gasteiger partial charge in [0.1, 0.15) is 0 Å². The predicted molar refractivity (Wildman–Crippen MR) is 206 cm³/mol. The van der Waals surface area contributed by atoms with Gasteiger partial charge in [-0.3, -0.25) is 0 Å². The molecular weight excluding hydrogens is 609 g/mol. The molecule has 0 atom stereocenters. The zero-order chi connectivity index (χ0) is 33.0. The third-order valence-corrected chi connectivity index (χ3v) is 9.60. The van der Waals surface area contributed by atoms with Crippen LogP contribution in [-0.4, -0.2) is 19.1 Å². The Morgan fingerprint density at radius 1 is 0.520 bits per heavy atom. The summed E-state index contributed by atoms with van der Waals surface area (Å²) in [4.78, 5) is 10.1. The highest BCUT2D eigenvalue weighted by Crippen LogP contribution is 2.39. The fourth-order valence-electron chi connectivity index (χ4n) is 7.29. The zero-order valence-electron chi connectivity index (χ0n) is 27.0. The van der Waals surface area contributed by atoms with Crippen LogP contribution in [0.4, 0.5) is 0 Å². The first-order valence-corrected chi connectivity index (χ1v) is 16.8. The monoisotopic (exact) mass is 636 g/mol. The average Bonchev–Trinajstić information content (AvgIpc) is 3.78. The third-order valence-electron chi connectivity index (χ3n) is 9.60. The Labute approximate surface area is 288 Å². The minimum absolute atomic E-state index is 0.632. The van der Waals surface area contributed by atoms with Gasteiger partial charge in [-0.15, -0.1) is 0 Å². The smallest absolute Gasteiger partial charge is 0.169 e. The highest BCUT2D eigenvalue weighted by molar-refractivity contribution is 6.19. The van der Waals surface area contributed by atoms with Gasteiger partial charge in [0, 0.05) is 44.7 Å². The maximum absolute atomic E-state index is 5.09. The molecule has 10 rings (SSSR count). The summed E-state index contributed by atoms with van der Waals surface area (Å²) >= 11 is 0. The van der Waals surface area contributed by atoms with Crippen molar-refractivity contribution in [2.75, 3.05) is 0 Å². The Bertz CT molecular complexity index is 2910. The van der Waals surface area contributed by atoms with Crippen molar-refractivity contribution < 1.29 is 0 Å². The number of para-hydroxylation sites is 3. The van der Waals surface area contributed by atoms with Crippen molar-refractivity contribution in [3.63, 3.8) is 0 Å². The molecule has 0 spiro atoms. The van der Waals surface area contributed by atoms with Crippen LogP contribution in [0.25, 0.3) is 77.4 Å². The van der Waals surface area contributed by atoms with Crippen molar-refractivity contribution in [1.29, 1.82) is 0 Å². The quantitative estimate of drug-likeness (QED) is 0.176. The summed E-state index contributed by atoms with van der Waals surface area (Å²) in [6.07, 6.45) is 6.30. The van der Waals surface area contributed by atoms with E-state index in [0.717, 1.165) is 55.8 Å². The lowest BCUT2D eigenvalue weighted by Gasteiger charge is -2.11. The molecule has 0 amide bonds. The predicted octanol–water partition coefficient (Wildman–Crippen LogP) is 11.1. The van der Waals surface area contributed by atoms with Crippen molar-refractivity contribution in [2.45, 2.75) is 0 Å². The number of nitrogens with zero attached hydrogens (tertiary/aromatic N) is 4. The summed E-state index contributed by atoms with van der Waals surface area (Å²) in [5.74, 6) is 0.632. The van der Waals surface area contributed by atoms with E-state index in [4.69, 9.17) is 9.97 Å². The van der Waals surface area contributed by atoms with Crippen LogP contribution in [0.15, 0.2) is 181 Å². The van der Waals surface area contributed by atoms with E-state index < -0.39 is 0 Å². The number of allylic oxidation sites excluding steroid dienone is 4. The average molecular weight is 637 g/mol. The van der Waals surface area contributed by atoms with Crippen LogP contribution >= 0.6 is 0 Å². The summed E-state index contributed by atoms with van der Waals surface area (Å²) < 4.78 is 4.67. The van der Waals surface area contributed by atoms with Gasteiger partial charge in [0.25, 0.3) is 0 Å². The van der Waals surface area contributed by atoms with Crippen LogP contribution in [0.2, 0.25) is 0 Å². The molecule has 3 heterocycles. The van der Waals surface area contributed by atoms with Gasteiger partial charge < -0.3 is 9.13 Å². The van der Waals surface area contributed by atoms with Crippen LogP contribution in [0.1, 0.15) is 11.4 Å². The van der Waals surface area contributed by atoms with Crippen LogP contribution in [-0.2, 0) is 0 Å². The normalized spacial score (nSPS) is 12.6. The molecule has 4 nitrogen and oxygen atoms in total. The Morgan fingerprint density at radius 2 is 1.24 bits per heavy atom. The van der Waals surface area contributed by atoms with E-state index in [1.165, 1.54) is 27.2 Å². The maximum atomic E-state index is 5.09. The second-order valence-electron chi connectivity index (χ2n) is 12.5. The van der Waals surface area contributed by atoms with Crippen LogP contribution in [0.5, 0.6) is 0 Å². The van der Waals surface area contributed by atoms with E-state index in [2.05, 4.69) is 148 Å². The highest BCUT2D eigenvalue weighted by Gasteiger charge is 2.19. The number of fused-ring (bicyclic) bond motifs is 6. The fourth-order valence-corrected chi connectivity index (χ4v) is 7.29. The lowest BCUT2D eigenvalue weighted by atomic mass is 9.98. The molecule has 0 radical (unpaired) electrons. The van der Waals surface area contributed by atoms with E-state index in [1.54, 1.807) is 0 Å². The van der Waals surface area contributed by atoms with Gasteiger partial charge in [-0.2, -0.15) is 0 Å². The fraction of sp³-hybridized carbons (Fsp3) is 0. The van der Waals surface area contributed by atoms with Crippen molar-refractivity contribution in [3.05, 3.63) is 193 Å². The van der Waals surface area contributed by atoms with Gasteiger partial charge in [-0.25, -0.2) is 9.97 Å². The van der Waals surface area contributed by atoms with E-state index in [-0.39, 0.29) is 0 Å². The first kappa shape index (κ1) is 28.1. The molecule has 0 fully saturated rings. The number of rotatable bonds is 5. The third kappa shape index (κ3) is 4.49. The van der Waals surface area contributed by atoms with Crippen molar-refractivity contribution >= 4 is 54.8 Å². The van der Waals surface area contributed by atoms with E-state index in [1.807, 2.05) is 42.5 Å². The standard InChI is InChI=1S/C46H28N4/c1-4-13-31(14-5-1)44-38-21-10-11-22-41(38)47-46(48-44)34-16-12-15-32(29-34)33-23-25-43-40(30-33)37-24-26-42-39(27-28-49(42)35-17-6-2-7-18-35)45(37)50(43)36-19-8-3-9-20-36/h1-11,13-15,17-30H. The Morgan fingerprint density at radius 3 is 2.06 bits per heavy atom. The van der Waals surface area contributed by atoms with Crippen molar-refractivity contribution in [3.8, 4) is 22.6 Å². The molecule has 0 aliphatic heterocycles. The molecule has 6 aromatic carbocycles. The first-order chi connectivity index (χ1) is 24.8. The minimum atomic E-state index is 0.632. The van der Waals surface area contributed by atoms with Crippen molar-refractivity contribution in [1.82, 2.24) is 19.1 Å². The van der Waals surface area contributed by atoms with Gasteiger partial charge >= 0.3 is 0 Å². The lowest BCUT2D eigenvalue weighted by molar-refractivity contribution is 1.13. The van der Waals surface area contributed by atoms with E-state index in [0.29, 0.717) is 5.82 Å². The summed E-state index contributed by atoms with van der Waals surface area (Å²) in [5.41, 5.74) is 18.2. The van der Waals surface area contributed by atoms with Crippen LogP contribution in [0, 0.1) is 0 Å². The summed E-state index contributed by atoms with van der Waals surface area (Å²) in [5, 5.41) is 4.64. The van der Waals surface area contributed by atoms with Gasteiger partial charge in [0.05, 0.1) is 33.3 Å². The molecule has 1 aliphatic rings. The first-order valence-electron chi connectivity index (χ1n) is 16.8. The molecule has 0 saturated heterocycles. The minimum Gasteiger partial charge on any atom is -0.316 e. The molecule has 50 heavy (non-hydrogen) atoms. The van der Waals surface area contributed by atoms with E-state index >= 15 is 0 Å². The molecule has 0 N–H and O–H groups in total. The molecule has 3 aromatic heterocycles. The molecule has 0 unspecified atom stereocenters. The highest BCUT2D eigenvalue weighted by atomic mass is 15.0.